The molecule has 0 unspecified atom stereocenters. The van der Waals surface area contributed by atoms with E-state index in [-0.39, 0.29) is 0 Å². The van der Waals surface area contributed by atoms with Crippen molar-refractivity contribution < 1.29 is 4.74 Å². The van der Waals surface area contributed by atoms with Gasteiger partial charge < -0.3 is 9.72 Å². The minimum Gasteiger partial charge on any atom is -0.495 e. The first-order valence-corrected chi connectivity index (χ1v) is 4.32. The predicted molar refractivity (Wildman–Crippen MR) is 54.3 cm³/mol. The number of nitrogens with zero attached hydrogens (tertiary/aromatic N) is 1. The van der Waals surface area contributed by atoms with Crippen LogP contribution in [0.1, 0.15) is 11.1 Å². The van der Waals surface area contributed by atoms with E-state index in [1.807, 2.05) is 13.1 Å². The number of nitrogens with one attached hydrogen (secondary N) is 1. The van der Waals surface area contributed by atoms with Crippen LogP contribution in [-0.4, -0.2) is 12.1 Å². The van der Waals surface area contributed by atoms with Crippen molar-refractivity contribution in [3.63, 3.8) is 0 Å². The van der Waals surface area contributed by atoms with Gasteiger partial charge in [0, 0.05) is 11.6 Å². The number of fused-ring (bicyclic) bond motifs is 1. The standard InChI is InChI=1S/C11H10N2O/c1-7-6-13-11-9(14-2)4-3-8(5-12)10(7)11/h3-4,6,13H,1-2H3. The Morgan fingerprint density at radius 2 is 2.21 bits per heavy atom. The molecular formula is C11H10N2O. The molecule has 1 aromatic carbocycles. The molecule has 0 atom stereocenters. The largest absolute Gasteiger partial charge is 0.495 e. The second-order valence-electron chi connectivity index (χ2n) is 3.15. The monoisotopic (exact) mass is 186 g/mol. The normalized spacial score (nSPS) is 10.1. The van der Waals surface area contributed by atoms with Crippen molar-refractivity contribution in [2.75, 3.05) is 7.11 Å². The van der Waals surface area contributed by atoms with Crippen molar-refractivity contribution in [2.24, 2.45) is 0 Å². The zero-order valence-electron chi connectivity index (χ0n) is 8.09. The first-order valence-electron chi connectivity index (χ1n) is 4.32. The molecule has 70 valence electrons. The smallest absolute Gasteiger partial charge is 0.143 e. The molecule has 1 heterocycles. The lowest BCUT2D eigenvalue weighted by Crippen LogP contribution is -1.86. The van der Waals surface area contributed by atoms with E-state index in [1.54, 1.807) is 19.2 Å². The van der Waals surface area contributed by atoms with Crippen LogP contribution in [0.2, 0.25) is 0 Å². The molecule has 0 spiro atoms. The van der Waals surface area contributed by atoms with Gasteiger partial charge in [-0.3, -0.25) is 0 Å². The van der Waals surface area contributed by atoms with Gasteiger partial charge in [0.1, 0.15) is 5.75 Å². The number of hydrogen-bond acceptors (Lipinski definition) is 2. The number of nitriles is 1. The summed E-state index contributed by atoms with van der Waals surface area (Å²) in [7, 11) is 1.62. The molecule has 0 radical (unpaired) electrons. The number of aromatic nitrogens is 1. The number of benzene rings is 1. The van der Waals surface area contributed by atoms with Crippen molar-refractivity contribution in [1.82, 2.24) is 4.98 Å². The summed E-state index contributed by atoms with van der Waals surface area (Å²) in [6, 6.07) is 5.75. The molecule has 0 aliphatic rings. The number of ether oxygens (including phenoxy) is 1. The third kappa shape index (κ3) is 1.05. The average molecular weight is 186 g/mol. The van der Waals surface area contributed by atoms with Gasteiger partial charge in [0.15, 0.2) is 0 Å². The number of rotatable bonds is 1. The van der Waals surface area contributed by atoms with Gasteiger partial charge in [-0.15, -0.1) is 0 Å². The van der Waals surface area contributed by atoms with Gasteiger partial charge in [-0.05, 0) is 24.6 Å². The van der Waals surface area contributed by atoms with Crippen molar-refractivity contribution in [2.45, 2.75) is 6.92 Å². The second kappa shape index (κ2) is 3.08. The predicted octanol–water partition coefficient (Wildman–Crippen LogP) is 2.36. The van der Waals surface area contributed by atoms with Gasteiger partial charge in [0.2, 0.25) is 0 Å². The van der Waals surface area contributed by atoms with Crippen LogP contribution in [0, 0.1) is 18.3 Å². The van der Waals surface area contributed by atoms with Crippen LogP contribution in [-0.2, 0) is 0 Å². The summed E-state index contributed by atoms with van der Waals surface area (Å²) in [5.74, 6) is 0.770. The zero-order chi connectivity index (χ0) is 10.1. The van der Waals surface area contributed by atoms with E-state index < -0.39 is 0 Å². The van der Waals surface area contributed by atoms with Crippen LogP contribution < -0.4 is 4.74 Å². The highest BCUT2D eigenvalue weighted by Crippen LogP contribution is 2.29. The zero-order valence-corrected chi connectivity index (χ0v) is 8.09. The molecule has 3 nitrogen and oxygen atoms in total. The summed E-state index contributed by atoms with van der Waals surface area (Å²) in [5.41, 5.74) is 2.64. The Balaban J connectivity index is 2.89. The van der Waals surface area contributed by atoms with E-state index in [0.717, 1.165) is 22.2 Å². The Kier molecular flexibility index (Phi) is 1.90. The van der Waals surface area contributed by atoms with E-state index in [2.05, 4.69) is 11.1 Å². The Labute approximate surface area is 81.9 Å². The molecule has 0 bridgehead atoms. The SMILES string of the molecule is COc1ccc(C#N)c2c(C)c[nH]c12. The van der Waals surface area contributed by atoms with Crippen LogP contribution in [0.25, 0.3) is 10.9 Å². The molecule has 0 aliphatic heterocycles. The van der Waals surface area contributed by atoms with Gasteiger partial charge >= 0.3 is 0 Å². The summed E-state index contributed by atoms with van der Waals surface area (Å²) in [6.07, 6.45) is 1.88. The van der Waals surface area contributed by atoms with E-state index in [1.165, 1.54) is 0 Å². The van der Waals surface area contributed by atoms with Gasteiger partial charge in [-0.1, -0.05) is 0 Å². The number of methoxy groups -OCH3 is 1. The van der Waals surface area contributed by atoms with Crippen LogP contribution in [0.5, 0.6) is 5.75 Å². The van der Waals surface area contributed by atoms with Crippen LogP contribution in [0.4, 0.5) is 0 Å². The van der Waals surface area contributed by atoms with E-state index in [4.69, 9.17) is 10.00 Å². The molecule has 0 aliphatic carbocycles. The number of hydrogen-bond donors (Lipinski definition) is 1. The summed E-state index contributed by atoms with van der Waals surface area (Å²) in [4.78, 5) is 3.11. The first-order chi connectivity index (χ1) is 6.77. The summed E-state index contributed by atoms with van der Waals surface area (Å²) < 4.78 is 5.20. The van der Waals surface area contributed by atoms with Gasteiger partial charge in [-0.2, -0.15) is 5.26 Å². The number of aryl methyl sites for hydroxylation is 1. The fourth-order valence-electron chi connectivity index (χ4n) is 1.65. The van der Waals surface area contributed by atoms with Crippen LogP contribution >= 0.6 is 0 Å². The quantitative estimate of drug-likeness (QED) is 0.743. The first kappa shape index (κ1) is 8.64. The molecule has 0 amide bonds. The van der Waals surface area contributed by atoms with E-state index in [0.29, 0.717) is 5.56 Å². The second-order valence-corrected chi connectivity index (χ2v) is 3.15. The fourth-order valence-corrected chi connectivity index (χ4v) is 1.65. The minimum absolute atomic E-state index is 0.680. The molecule has 0 fully saturated rings. The van der Waals surface area contributed by atoms with Crippen molar-refractivity contribution in [3.8, 4) is 11.8 Å². The lowest BCUT2D eigenvalue weighted by molar-refractivity contribution is 0.419. The van der Waals surface area contributed by atoms with Crippen molar-refractivity contribution in [3.05, 3.63) is 29.5 Å². The molecule has 3 heteroatoms. The lowest BCUT2D eigenvalue weighted by Gasteiger charge is -2.02. The van der Waals surface area contributed by atoms with E-state index in [9.17, 15) is 0 Å². The molecule has 2 rings (SSSR count). The molecule has 14 heavy (non-hydrogen) atoms. The third-order valence-electron chi connectivity index (χ3n) is 2.33. The Bertz CT molecular complexity index is 520. The molecule has 0 saturated carbocycles. The van der Waals surface area contributed by atoms with Crippen LogP contribution in [0.3, 0.4) is 0 Å². The highest BCUT2D eigenvalue weighted by atomic mass is 16.5. The minimum atomic E-state index is 0.680. The molecular weight excluding hydrogens is 176 g/mol. The molecule has 1 aromatic heterocycles. The Hall–Kier alpha value is -1.95. The topological polar surface area (TPSA) is 48.8 Å². The Morgan fingerprint density at radius 3 is 2.86 bits per heavy atom. The van der Waals surface area contributed by atoms with Gasteiger partial charge in [0.05, 0.1) is 24.3 Å². The summed E-state index contributed by atoms with van der Waals surface area (Å²) in [6.45, 7) is 1.97. The maximum Gasteiger partial charge on any atom is 0.143 e. The lowest BCUT2D eigenvalue weighted by atomic mass is 10.1. The Morgan fingerprint density at radius 1 is 1.43 bits per heavy atom. The molecule has 1 N–H and O–H groups in total. The number of H-pyrrole nitrogens is 1. The average Bonchev–Trinajstić information content (AvgIpc) is 2.60. The van der Waals surface area contributed by atoms with Gasteiger partial charge in [-0.25, -0.2) is 0 Å². The van der Waals surface area contributed by atoms with Crippen molar-refractivity contribution >= 4 is 10.9 Å². The fraction of sp³-hybridized carbons (Fsp3) is 0.182. The molecule has 2 aromatic rings. The van der Waals surface area contributed by atoms with E-state index >= 15 is 0 Å². The third-order valence-corrected chi connectivity index (χ3v) is 2.33. The number of aromatic amines is 1. The highest BCUT2D eigenvalue weighted by Gasteiger charge is 2.09. The molecule has 0 saturated heterocycles. The summed E-state index contributed by atoms with van der Waals surface area (Å²) >= 11 is 0. The highest BCUT2D eigenvalue weighted by molar-refractivity contribution is 5.92. The van der Waals surface area contributed by atoms with Gasteiger partial charge in [0.25, 0.3) is 0 Å². The maximum atomic E-state index is 8.94. The van der Waals surface area contributed by atoms with Crippen molar-refractivity contribution in [1.29, 1.82) is 5.26 Å². The maximum absolute atomic E-state index is 8.94. The van der Waals surface area contributed by atoms with Crippen LogP contribution in [0.15, 0.2) is 18.3 Å². The summed E-state index contributed by atoms with van der Waals surface area (Å²) in [5, 5.41) is 9.89.